The van der Waals surface area contributed by atoms with Crippen LogP contribution in [0.5, 0.6) is 0 Å². The Labute approximate surface area is 265 Å². The first kappa shape index (κ1) is 25.3. The summed E-state index contributed by atoms with van der Waals surface area (Å²) in [6.07, 6.45) is 0.864. The molecule has 0 fully saturated rings. The zero-order valence-corrected chi connectivity index (χ0v) is 25.0. The Bertz CT molecular complexity index is 2780. The van der Waals surface area contributed by atoms with Gasteiger partial charge in [0.1, 0.15) is 11.2 Å². The third-order valence-electron chi connectivity index (χ3n) is 9.52. The Hall–Kier alpha value is -6.06. The molecule has 0 amide bonds. The fraction of sp³-hybridized carbons (Fsp3) is 0.0233. The maximum atomic E-state index is 6.14. The maximum Gasteiger partial charge on any atom is 0.135 e. The van der Waals surface area contributed by atoms with Gasteiger partial charge in [0.25, 0.3) is 0 Å². The van der Waals surface area contributed by atoms with Gasteiger partial charge in [-0.15, -0.1) is 0 Å². The molecular weight excluding hydrogens is 560 g/mol. The van der Waals surface area contributed by atoms with Crippen LogP contribution in [0.25, 0.3) is 76.9 Å². The summed E-state index contributed by atoms with van der Waals surface area (Å²) in [7, 11) is 0. The Morgan fingerprint density at radius 3 is 1.54 bits per heavy atom. The summed E-state index contributed by atoms with van der Waals surface area (Å²) in [6, 6.07) is 56.9. The van der Waals surface area contributed by atoms with Crippen molar-refractivity contribution in [3.63, 3.8) is 0 Å². The third-order valence-corrected chi connectivity index (χ3v) is 9.52. The standard InChI is InChI=1S/C43H28N2O/c1-2-10-30(11-3-1)44-38-15-7-4-12-32(38)35-25-28(18-21-40(35)44)24-29-19-22-41-36(26-29)33-13-5-8-16-39(33)45(41)31-20-23-43-37(27-31)34-14-6-9-17-42(34)46-43/h1-23,25-27H,24H2. The molecule has 0 radical (unpaired) electrons. The Morgan fingerprint density at radius 1 is 0.348 bits per heavy atom. The predicted octanol–water partition coefficient (Wildman–Crippen LogP) is 11.4. The van der Waals surface area contributed by atoms with Gasteiger partial charge >= 0.3 is 0 Å². The molecule has 10 aromatic rings. The summed E-state index contributed by atoms with van der Waals surface area (Å²) >= 11 is 0. The average Bonchev–Trinajstić information content (AvgIpc) is 3.76. The highest BCUT2D eigenvalue weighted by molar-refractivity contribution is 6.11. The molecule has 0 spiro atoms. The Kier molecular flexibility index (Phi) is 5.34. The number of fused-ring (bicyclic) bond motifs is 9. The highest BCUT2D eigenvalue weighted by Crippen LogP contribution is 2.37. The van der Waals surface area contributed by atoms with Crippen LogP contribution in [0.2, 0.25) is 0 Å². The van der Waals surface area contributed by atoms with Gasteiger partial charge in [-0.3, -0.25) is 0 Å². The van der Waals surface area contributed by atoms with Gasteiger partial charge in [0.05, 0.1) is 22.1 Å². The van der Waals surface area contributed by atoms with Crippen LogP contribution in [0.3, 0.4) is 0 Å². The van der Waals surface area contributed by atoms with Crippen molar-refractivity contribution in [3.8, 4) is 11.4 Å². The summed E-state index contributed by atoms with van der Waals surface area (Å²) in [5.74, 6) is 0. The fourth-order valence-electron chi connectivity index (χ4n) is 7.48. The van der Waals surface area contributed by atoms with Crippen molar-refractivity contribution in [2.45, 2.75) is 6.42 Å². The largest absolute Gasteiger partial charge is 0.456 e. The van der Waals surface area contributed by atoms with Crippen LogP contribution >= 0.6 is 0 Å². The monoisotopic (exact) mass is 588 g/mol. The van der Waals surface area contributed by atoms with Gasteiger partial charge in [-0.05, 0) is 90.3 Å². The number of rotatable bonds is 4. The molecule has 0 atom stereocenters. The minimum Gasteiger partial charge on any atom is -0.456 e. The first-order valence-electron chi connectivity index (χ1n) is 15.8. The van der Waals surface area contributed by atoms with Crippen molar-refractivity contribution in [3.05, 3.63) is 169 Å². The van der Waals surface area contributed by atoms with Gasteiger partial charge < -0.3 is 13.6 Å². The molecule has 0 aliphatic heterocycles. The summed E-state index contributed by atoms with van der Waals surface area (Å²) in [5.41, 5.74) is 11.6. The van der Waals surface area contributed by atoms with Crippen LogP contribution < -0.4 is 0 Å². The summed E-state index contributed by atoms with van der Waals surface area (Å²) in [4.78, 5) is 0. The van der Waals surface area contributed by atoms with E-state index in [-0.39, 0.29) is 0 Å². The van der Waals surface area contributed by atoms with Gasteiger partial charge in [-0.1, -0.05) is 84.9 Å². The third kappa shape index (κ3) is 3.72. The molecule has 0 unspecified atom stereocenters. The number of hydrogen-bond acceptors (Lipinski definition) is 1. The average molecular weight is 589 g/mol. The Balaban J connectivity index is 1.10. The number of hydrogen-bond donors (Lipinski definition) is 0. The number of furan rings is 1. The number of nitrogens with zero attached hydrogens (tertiary/aromatic N) is 2. The molecule has 216 valence electrons. The van der Waals surface area contributed by atoms with Gasteiger partial charge in [-0.2, -0.15) is 0 Å². The lowest BCUT2D eigenvalue weighted by atomic mass is 10.0. The van der Waals surface area contributed by atoms with Crippen molar-refractivity contribution in [1.29, 1.82) is 0 Å². The van der Waals surface area contributed by atoms with E-state index < -0.39 is 0 Å². The van der Waals surface area contributed by atoms with Crippen LogP contribution in [0.1, 0.15) is 11.1 Å². The zero-order valence-electron chi connectivity index (χ0n) is 25.0. The van der Waals surface area contributed by atoms with Gasteiger partial charge in [0, 0.05) is 43.7 Å². The molecule has 3 heterocycles. The predicted molar refractivity (Wildman–Crippen MR) is 192 cm³/mol. The van der Waals surface area contributed by atoms with Crippen LogP contribution in [-0.4, -0.2) is 9.13 Å². The fourth-order valence-corrected chi connectivity index (χ4v) is 7.48. The first-order valence-corrected chi connectivity index (χ1v) is 15.8. The molecule has 0 bridgehead atoms. The highest BCUT2D eigenvalue weighted by Gasteiger charge is 2.16. The van der Waals surface area contributed by atoms with Crippen molar-refractivity contribution in [1.82, 2.24) is 9.13 Å². The minimum absolute atomic E-state index is 0.864. The molecule has 0 aliphatic carbocycles. The molecular formula is C43H28N2O. The molecule has 0 aliphatic rings. The van der Waals surface area contributed by atoms with Crippen LogP contribution in [0, 0.1) is 0 Å². The van der Waals surface area contributed by atoms with Crippen LogP contribution in [0.15, 0.2) is 162 Å². The summed E-state index contributed by atoms with van der Waals surface area (Å²) in [5, 5.41) is 7.39. The quantitative estimate of drug-likeness (QED) is 0.201. The maximum absolute atomic E-state index is 6.14. The smallest absolute Gasteiger partial charge is 0.135 e. The molecule has 0 N–H and O–H groups in total. The van der Waals surface area contributed by atoms with E-state index in [2.05, 4.69) is 155 Å². The number of aromatic nitrogens is 2. The second-order valence-electron chi connectivity index (χ2n) is 12.2. The van der Waals surface area contributed by atoms with E-state index in [9.17, 15) is 0 Å². The van der Waals surface area contributed by atoms with Crippen molar-refractivity contribution >= 4 is 65.6 Å². The highest BCUT2D eigenvalue weighted by atomic mass is 16.3. The van der Waals surface area contributed by atoms with E-state index in [1.54, 1.807) is 0 Å². The van der Waals surface area contributed by atoms with E-state index in [4.69, 9.17) is 4.42 Å². The van der Waals surface area contributed by atoms with Crippen LogP contribution in [0.4, 0.5) is 0 Å². The lowest BCUT2D eigenvalue weighted by molar-refractivity contribution is 0.669. The SMILES string of the molecule is c1ccc(-n2c3ccccc3c3cc(Cc4ccc5c(c4)c4ccccc4n5-c4ccc5oc6ccccc6c5c4)ccc32)cc1. The van der Waals surface area contributed by atoms with Crippen LogP contribution in [-0.2, 0) is 6.42 Å². The van der Waals surface area contributed by atoms with Gasteiger partial charge in [-0.25, -0.2) is 0 Å². The molecule has 3 nitrogen and oxygen atoms in total. The topological polar surface area (TPSA) is 23.0 Å². The second kappa shape index (κ2) is 9.72. The first-order chi connectivity index (χ1) is 22.8. The van der Waals surface area contributed by atoms with Gasteiger partial charge in [0.15, 0.2) is 0 Å². The van der Waals surface area contributed by atoms with E-state index in [0.29, 0.717) is 0 Å². The lowest BCUT2D eigenvalue weighted by Gasteiger charge is -2.09. The zero-order chi connectivity index (χ0) is 30.2. The van der Waals surface area contributed by atoms with Crippen molar-refractivity contribution in [2.75, 3.05) is 0 Å². The van der Waals surface area contributed by atoms with Crippen molar-refractivity contribution in [2.24, 2.45) is 0 Å². The van der Waals surface area contributed by atoms with Gasteiger partial charge in [0.2, 0.25) is 0 Å². The summed E-state index contributed by atoms with van der Waals surface area (Å²) in [6.45, 7) is 0. The molecule has 3 heteroatoms. The molecule has 0 saturated heterocycles. The molecule has 0 saturated carbocycles. The number of para-hydroxylation sites is 4. The van der Waals surface area contributed by atoms with Crippen molar-refractivity contribution < 1.29 is 4.42 Å². The lowest BCUT2D eigenvalue weighted by Crippen LogP contribution is -1.94. The molecule has 3 aromatic heterocycles. The number of benzene rings is 7. The van der Waals surface area contributed by atoms with E-state index in [1.165, 1.54) is 60.4 Å². The summed E-state index contributed by atoms with van der Waals surface area (Å²) < 4.78 is 10.9. The van der Waals surface area contributed by atoms with E-state index >= 15 is 0 Å². The molecule has 10 rings (SSSR count). The van der Waals surface area contributed by atoms with E-state index in [0.717, 1.165) is 34.0 Å². The van der Waals surface area contributed by atoms with E-state index in [1.807, 2.05) is 12.1 Å². The minimum atomic E-state index is 0.864. The Morgan fingerprint density at radius 2 is 0.870 bits per heavy atom. The second-order valence-corrected chi connectivity index (χ2v) is 12.2. The normalized spacial score (nSPS) is 12.0. The molecule has 7 aromatic carbocycles. The molecule has 46 heavy (non-hydrogen) atoms.